The molecule has 4 aromatic heterocycles. The summed E-state index contributed by atoms with van der Waals surface area (Å²) < 4.78 is 11.5. The van der Waals surface area contributed by atoms with Gasteiger partial charge in [0.2, 0.25) is 5.52 Å². The fourth-order valence-corrected chi connectivity index (χ4v) is 3.92. The molecule has 4 heterocycles. The van der Waals surface area contributed by atoms with E-state index in [1.54, 1.807) is 13.3 Å². The molecule has 5 aromatic rings. The average molecular weight is 331 g/mol. The first-order valence-electron chi connectivity index (χ1n) is 7.86. The number of rotatable bonds is 1. The summed E-state index contributed by atoms with van der Waals surface area (Å²) in [6.45, 7) is 2.00. The Hall–Kier alpha value is -3.53. The van der Waals surface area contributed by atoms with Gasteiger partial charge in [-0.2, -0.15) is 5.26 Å². The SMILES string of the molecule is COc1ccc2c(c1C)n1c(N)c(C#N)c3cnc4c(c31)n2c[n+]4C. The molecule has 122 valence electrons. The maximum absolute atomic E-state index is 9.63. The number of anilines is 1. The van der Waals surface area contributed by atoms with Gasteiger partial charge in [-0.05, 0) is 19.1 Å². The molecule has 0 radical (unpaired) electrons. The average Bonchev–Trinajstić information content (AvgIpc) is 3.09. The molecule has 1 aromatic carbocycles. The van der Waals surface area contributed by atoms with Gasteiger partial charge < -0.3 is 10.5 Å². The zero-order chi connectivity index (χ0) is 17.5. The molecule has 2 N–H and O–H groups in total. The van der Waals surface area contributed by atoms with Crippen molar-refractivity contribution in [2.75, 3.05) is 12.8 Å². The number of imidazole rings is 1. The van der Waals surface area contributed by atoms with E-state index in [0.717, 1.165) is 44.4 Å². The molecule has 0 aliphatic heterocycles. The number of nitriles is 1. The number of fused-ring (bicyclic) bond motifs is 3. The first kappa shape index (κ1) is 13.9. The van der Waals surface area contributed by atoms with Crippen molar-refractivity contribution in [3.63, 3.8) is 0 Å². The minimum atomic E-state index is 0.430. The molecule has 0 amide bonds. The third-order valence-electron chi connectivity index (χ3n) is 5.04. The highest BCUT2D eigenvalue weighted by molar-refractivity contribution is 6.09. The quantitative estimate of drug-likeness (QED) is 0.376. The molecule has 0 aliphatic carbocycles. The van der Waals surface area contributed by atoms with Gasteiger partial charge in [-0.1, -0.05) is 0 Å². The van der Waals surface area contributed by atoms with E-state index < -0.39 is 0 Å². The lowest BCUT2D eigenvalue weighted by atomic mass is 10.1. The number of nitrogens with zero attached hydrogens (tertiary/aromatic N) is 5. The van der Waals surface area contributed by atoms with Gasteiger partial charge in [0, 0.05) is 5.56 Å². The Balaban J connectivity index is 2.27. The van der Waals surface area contributed by atoms with Crippen LogP contribution in [0.25, 0.3) is 33.1 Å². The topological polar surface area (TPSA) is 84.6 Å². The van der Waals surface area contributed by atoms with Crippen LogP contribution in [0.15, 0.2) is 24.7 Å². The summed E-state index contributed by atoms with van der Waals surface area (Å²) in [5.41, 5.74) is 12.4. The molecule has 0 spiro atoms. The normalized spacial score (nSPS) is 11.9. The lowest BCUT2D eigenvalue weighted by molar-refractivity contribution is -0.647. The first-order valence-corrected chi connectivity index (χ1v) is 7.86. The van der Waals surface area contributed by atoms with Crippen molar-refractivity contribution in [2.45, 2.75) is 6.92 Å². The molecule has 7 heteroatoms. The first-order chi connectivity index (χ1) is 12.1. The number of methoxy groups -OCH3 is 1. The second-order valence-corrected chi connectivity index (χ2v) is 6.26. The third kappa shape index (κ3) is 1.41. The Bertz CT molecular complexity index is 1370. The number of pyridine rings is 1. The minimum Gasteiger partial charge on any atom is -0.496 e. The summed E-state index contributed by atoms with van der Waals surface area (Å²) in [6, 6.07) is 6.19. The summed E-state index contributed by atoms with van der Waals surface area (Å²) in [6.07, 6.45) is 3.73. The Morgan fingerprint density at radius 2 is 2.08 bits per heavy atom. The van der Waals surface area contributed by atoms with Gasteiger partial charge in [0.15, 0.2) is 6.33 Å². The van der Waals surface area contributed by atoms with Crippen molar-refractivity contribution in [1.82, 2.24) is 13.8 Å². The highest BCUT2D eigenvalue weighted by Gasteiger charge is 2.28. The van der Waals surface area contributed by atoms with Crippen LogP contribution in [0.3, 0.4) is 0 Å². The number of benzene rings is 1. The van der Waals surface area contributed by atoms with E-state index in [4.69, 9.17) is 10.5 Å². The van der Waals surface area contributed by atoms with Crippen molar-refractivity contribution in [1.29, 1.82) is 5.26 Å². The summed E-state index contributed by atoms with van der Waals surface area (Å²) in [7, 11) is 3.61. The van der Waals surface area contributed by atoms with Gasteiger partial charge in [-0.3, -0.25) is 4.40 Å². The molecule has 0 atom stereocenters. The molecule has 0 fully saturated rings. The zero-order valence-corrected chi connectivity index (χ0v) is 14.0. The molecule has 5 rings (SSSR count). The van der Waals surface area contributed by atoms with Gasteiger partial charge in [0.1, 0.15) is 40.4 Å². The summed E-state index contributed by atoms with van der Waals surface area (Å²) in [5, 5.41) is 10.4. The predicted octanol–water partition coefficient (Wildman–Crippen LogP) is 1.93. The lowest BCUT2D eigenvalue weighted by Gasteiger charge is -2.12. The number of ether oxygens (including phenoxy) is 1. The number of hydrogen-bond acceptors (Lipinski definition) is 4. The van der Waals surface area contributed by atoms with E-state index >= 15 is 0 Å². The van der Waals surface area contributed by atoms with Crippen LogP contribution in [0.4, 0.5) is 5.82 Å². The Morgan fingerprint density at radius 1 is 1.28 bits per heavy atom. The number of aromatic nitrogens is 4. The largest absolute Gasteiger partial charge is 0.496 e. The Labute approximate surface area is 142 Å². The van der Waals surface area contributed by atoms with Crippen molar-refractivity contribution in [3.8, 4) is 11.8 Å². The monoisotopic (exact) mass is 331 g/mol. The van der Waals surface area contributed by atoms with E-state index in [9.17, 15) is 5.26 Å². The maximum Gasteiger partial charge on any atom is 0.304 e. The van der Waals surface area contributed by atoms with E-state index in [-0.39, 0.29) is 0 Å². The zero-order valence-electron chi connectivity index (χ0n) is 14.0. The van der Waals surface area contributed by atoms with Gasteiger partial charge in [0.25, 0.3) is 0 Å². The van der Waals surface area contributed by atoms with Gasteiger partial charge in [0.05, 0.1) is 25.1 Å². The smallest absolute Gasteiger partial charge is 0.304 e. The second kappa shape index (κ2) is 4.30. The van der Waals surface area contributed by atoms with Crippen LogP contribution in [0.5, 0.6) is 5.75 Å². The molecule has 0 saturated carbocycles. The fourth-order valence-electron chi connectivity index (χ4n) is 3.92. The van der Waals surface area contributed by atoms with Crippen LogP contribution in [0.1, 0.15) is 11.1 Å². The lowest BCUT2D eigenvalue weighted by Crippen LogP contribution is -2.25. The molecule has 0 bridgehead atoms. The predicted molar refractivity (Wildman–Crippen MR) is 93.9 cm³/mol. The van der Waals surface area contributed by atoms with E-state index in [1.807, 2.05) is 41.4 Å². The molecular formula is C18H15N6O+. The highest BCUT2D eigenvalue weighted by atomic mass is 16.5. The maximum atomic E-state index is 9.63. The molecule has 25 heavy (non-hydrogen) atoms. The van der Waals surface area contributed by atoms with Crippen molar-refractivity contribution >= 4 is 38.9 Å². The van der Waals surface area contributed by atoms with Crippen LogP contribution in [0, 0.1) is 18.3 Å². The number of hydrogen-bond donors (Lipinski definition) is 1. The van der Waals surface area contributed by atoms with Crippen LogP contribution in [0.2, 0.25) is 0 Å². The number of aryl methyl sites for hydroxylation is 2. The van der Waals surface area contributed by atoms with Crippen molar-refractivity contribution < 1.29 is 9.30 Å². The Kier molecular flexibility index (Phi) is 2.39. The van der Waals surface area contributed by atoms with Crippen LogP contribution in [-0.4, -0.2) is 20.9 Å². The van der Waals surface area contributed by atoms with Crippen molar-refractivity contribution in [3.05, 3.63) is 35.8 Å². The van der Waals surface area contributed by atoms with E-state index in [1.165, 1.54) is 0 Å². The van der Waals surface area contributed by atoms with Gasteiger partial charge >= 0.3 is 5.65 Å². The van der Waals surface area contributed by atoms with Crippen LogP contribution >= 0.6 is 0 Å². The van der Waals surface area contributed by atoms with E-state index in [2.05, 4.69) is 15.5 Å². The molecular weight excluding hydrogens is 316 g/mol. The van der Waals surface area contributed by atoms with Gasteiger partial charge in [-0.25, -0.2) is 8.97 Å². The minimum absolute atomic E-state index is 0.430. The molecule has 0 saturated heterocycles. The van der Waals surface area contributed by atoms with E-state index in [0.29, 0.717) is 11.4 Å². The summed E-state index contributed by atoms with van der Waals surface area (Å²) in [5.74, 6) is 1.21. The second-order valence-electron chi connectivity index (χ2n) is 6.26. The fraction of sp³-hybridized carbons (Fsp3) is 0.167. The Morgan fingerprint density at radius 3 is 2.80 bits per heavy atom. The number of nitrogens with two attached hydrogens (primary N) is 1. The molecule has 7 nitrogen and oxygen atoms in total. The molecule has 0 unspecified atom stereocenters. The van der Waals surface area contributed by atoms with Gasteiger partial charge in [-0.15, -0.1) is 4.98 Å². The molecule has 0 aliphatic rings. The highest BCUT2D eigenvalue weighted by Crippen LogP contribution is 2.38. The van der Waals surface area contributed by atoms with Crippen LogP contribution < -0.4 is 15.0 Å². The third-order valence-corrected chi connectivity index (χ3v) is 5.04. The summed E-state index contributed by atoms with van der Waals surface area (Å²) >= 11 is 0. The number of nitrogen functional groups attached to an aromatic ring is 1. The van der Waals surface area contributed by atoms with Crippen LogP contribution in [-0.2, 0) is 7.05 Å². The summed E-state index contributed by atoms with van der Waals surface area (Å²) in [4.78, 5) is 4.55. The van der Waals surface area contributed by atoms with Crippen molar-refractivity contribution in [2.24, 2.45) is 7.05 Å². The standard InChI is InChI=1S/C18H15N6O/c1-9-13(25-3)5-4-12-14(9)24-15-11(10(6-19)17(24)20)7-21-18-16(15)23(12)8-22(18)2/h4-5,7-8H,20H2,1-3H3/q+1.